The van der Waals surface area contributed by atoms with E-state index in [0.717, 1.165) is 15.1 Å². The van der Waals surface area contributed by atoms with E-state index >= 15 is 0 Å². The van der Waals surface area contributed by atoms with Crippen LogP contribution in [0.3, 0.4) is 0 Å². The third-order valence-corrected chi connectivity index (χ3v) is 3.90. The van der Waals surface area contributed by atoms with Crippen molar-refractivity contribution in [3.63, 3.8) is 0 Å². The van der Waals surface area contributed by atoms with Gasteiger partial charge in [-0.3, -0.25) is 0 Å². The Labute approximate surface area is 107 Å². The highest BCUT2D eigenvalue weighted by atomic mass is 79.9. The standard InChI is InChI=1S/C11H11Br2Cl/c1-7(8(2)12)5-9-3-4-11(14)10(13)6-9/h3-6,8H,1-2H3/b7-5+. The van der Waals surface area contributed by atoms with E-state index in [-0.39, 0.29) is 0 Å². The van der Waals surface area contributed by atoms with E-state index < -0.39 is 0 Å². The summed E-state index contributed by atoms with van der Waals surface area (Å²) in [6, 6.07) is 5.91. The molecule has 0 nitrogen and oxygen atoms in total. The van der Waals surface area contributed by atoms with Crippen LogP contribution in [0.1, 0.15) is 19.4 Å². The van der Waals surface area contributed by atoms with Gasteiger partial charge in [0.05, 0.1) is 5.02 Å². The average molecular weight is 338 g/mol. The highest BCUT2D eigenvalue weighted by molar-refractivity contribution is 9.10. The van der Waals surface area contributed by atoms with Crippen molar-refractivity contribution in [2.24, 2.45) is 0 Å². The summed E-state index contributed by atoms with van der Waals surface area (Å²) in [7, 11) is 0. The molecule has 0 fully saturated rings. The Morgan fingerprint density at radius 2 is 2.14 bits per heavy atom. The zero-order chi connectivity index (χ0) is 10.7. The van der Waals surface area contributed by atoms with E-state index in [2.05, 4.69) is 51.8 Å². The molecule has 0 saturated heterocycles. The Morgan fingerprint density at radius 1 is 1.50 bits per heavy atom. The molecule has 0 aliphatic rings. The van der Waals surface area contributed by atoms with Gasteiger partial charge in [0, 0.05) is 9.30 Å². The van der Waals surface area contributed by atoms with Gasteiger partial charge in [0.1, 0.15) is 0 Å². The fourth-order valence-electron chi connectivity index (χ4n) is 0.980. The van der Waals surface area contributed by atoms with Crippen LogP contribution >= 0.6 is 43.5 Å². The Morgan fingerprint density at radius 3 is 2.64 bits per heavy atom. The van der Waals surface area contributed by atoms with E-state index in [1.807, 2.05) is 18.2 Å². The lowest BCUT2D eigenvalue weighted by Crippen LogP contribution is -1.90. The smallest absolute Gasteiger partial charge is 0.0548 e. The predicted molar refractivity (Wildman–Crippen MR) is 71.2 cm³/mol. The molecule has 0 spiro atoms. The van der Waals surface area contributed by atoms with Crippen LogP contribution in [0.15, 0.2) is 28.2 Å². The first-order valence-corrected chi connectivity index (χ1v) is 6.36. The Kier molecular flexibility index (Phi) is 4.68. The van der Waals surface area contributed by atoms with Crippen LogP contribution in [0.2, 0.25) is 5.02 Å². The molecular weight excluding hydrogens is 327 g/mol. The van der Waals surface area contributed by atoms with Gasteiger partial charge in [-0.25, -0.2) is 0 Å². The molecule has 1 aromatic carbocycles. The van der Waals surface area contributed by atoms with Crippen molar-refractivity contribution in [1.29, 1.82) is 0 Å². The Hall–Kier alpha value is 0.210. The number of rotatable bonds is 2. The lowest BCUT2D eigenvalue weighted by atomic mass is 10.1. The fourth-order valence-corrected chi connectivity index (χ4v) is 1.63. The van der Waals surface area contributed by atoms with Gasteiger partial charge in [-0.15, -0.1) is 0 Å². The zero-order valence-corrected chi connectivity index (χ0v) is 11.9. The molecule has 3 heteroatoms. The molecule has 1 atom stereocenters. The maximum absolute atomic E-state index is 5.90. The summed E-state index contributed by atoms with van der Waals surface area (Å²) < 4.78 is 0.933. The maximum atomic E-state index is 5.90. The van der Waals surface area contributed by atoms with Crippen molar-refractivity contribution in [2.75, 3.05) is 0 Å². The molecule has 0 saturated carbocycles. The van der Waals surface area contributed by atoms with Crippen LogP contribution in [0.5, 0.6) is 0 Å². The van der Waals surface area contributed by atoms with Crippen LogP contribution in [0.4, 0.5) is 0 Å². The topological polar surface area (TPSA) is 0 Å². The first-order chi connectivity index (χ1) is 6.50. The molecule has 1 rings (SSSR count). The van der Waals surface area contributed by atoms with Gasteiger partial charge in [0.2, 0.25) is 0 Å². The lowest BCUT2D eigenvalue weighted by Gasteiger charge is -2.04. The van der Waals surface area contributed by atoms with Gasteiger partial charge < -0.3 is 0 Å². The fraction of sp³-hybridized carbons (Fsp3) is 0.273. The Balaban J connectivity index is 2.98. The summed E-state index contributed by atoms with van der Waals surface area (Å²) in [6.07, 6.45) is 2.14. The van der Waals surface area contributed by atoms with E-state index in [4.69, 9.17) is 11.6 Å². The monoisotopic (exact) mass is 336 g/mol. The molecular formula is C11H11Br2Cl. The molecule has 1 aromatic rings. The number of hydrogen-bond donors (Lipinski definition) is 0. The summed E-state index contributed by atoms with van der Waals surface area (Å²) in [5.74, 6) is 0. The molecule has 76 valence electrons. The second kappa shape index (κ2) is 5.34. The highest BCUT2D eigenvalue weighted by Gasteiger charge is 2.00. The number of benzene rings is 1. The van der Waals surface area contributed by atoms with E-state index in [1.165, 1.54) is 5.57 Å². The summed E-state index contributed by atoms with van der Waals surface area (Å²) in [6.45, 7) is 4.21. The normalized spacial score (nSPS) is 14.2. The second-order valence-corrected chi connectivity index (χ2v) is 5.81. The first kappa shape index (κ1) is 12.3. The third-order valence-electron chi connectivity index (χ3n) is 1.97. The van der Waals surface area contributed by atoms with E-state index in [0.29, 0.717) is 4.83 Å². The van der Waals surface area contributed by atoms with Crippen molar-refractivity contribution >= 4 is 49.5 Å². The molecule has 0 aromatic heterocycles. The van der Waals surface area contributed by atoms with Gasteiger partial charge in [0.15, 0.2) is 0 Å². The molecule has 0 aliphatic heterocycles. The predicted octanol–water partition coefficient (Wildman–Crippen LogP) is 5.29. The van der Waals surface area contributed by atoms with E-state index in [1.54, 1.807) is 0 Å². The van der Waals surface area contributed by atoms with Crippen LogP contribution in [-0.4, -0.2) is 4.83 Å². The molecule has 1 unspecified atom stereocenters. The molecule has 0 heterocycles. The Bertz CT molecular complexity index is 356. The van der Waals surface area contributed by atoms with Crippen molar-refractivity contribution in [1.82, 2.24) is 0 Å². The van der Waals surface area contributed by atoms with Crippen molar-refractivity contribution in [3.8, 4) is 0 Å². The van der Waals surface area contributed by atoms with E-state index in [9.17, 15) is 0 Å². The van der Waals surface area contributed by atoms with Crippen LogP contribution in [-0.2, 0) is 0 Å². The SMILES string of the molecule is C/C(=C\c1ccc(Cl)c(Br)c1)C(C)Br. The summed E-state index contributed by atoms with van der Waals surface area (Å²) in [5, 5.41) is 0.742. The molecule has 0 radical (unpaired) electrons. The van der Waals surface area contributed by atoms with Gasteiger partial charge in [-0.05, 0) is 47.5 Å². The minimum absolute atomic E-state index is 0.400. The molecule has 14 heavy (non-hydrogen) atoms. The lowest BCUT2D eigenvalue weighted by molar-refractivity contribution is 1.16. The van der Waals surface area contributed by atoms with Crippen LogP contribution < -0.4 is 0 Å². The minimum Gasteiger partial charge on any atom is -0.0845 e. The van der Waals surface area contributed by atoms with Crippen molar-refractivity contribution in [2.45, 2.75) is 18.7 Å². The maximum Gasteiger partial charge on any atom is 0.0548 e. The number of allylic oxidation sites excluding steroid dienone is 1. The molecule has 0 bridgehead atoms. The van der Waals surface area contributed by atoms with Crippen LogP contribution in [0.25, 0.3) is 6.08 Å². The largest absolute Gasteiger partial charge is 0.0845 e. The molecule has 0 aliphatic carbocycles. The zero-order valence-electron chi connectivity index (χ0n) is 8.02. The number of alkyl halides is 1. The van der Waals surface area contributed by atoms with Crippen molar-refractivity contribution in [3.05, 3.63) is 38.8 Å². The van der Waals surface area contributed by atoms with Gasteiger partial charge in [0.25, 0.3) is 0 Å². The second-order valence-electron chi connectivity index (χ2n) is 3.18. The highest BCUT2D eigenvalue weighted by Crippen LogP contribution is 2.25. The number of hydrogen-bond acceptors (Lipinski definition) is 0. The first-order valence-electron chi connectivity index (χ1n) is 4.28. The summed E-state index contributed by atoms with van der Waals surface area (Å²) >= 11 is 12.8. The summed E-state index contributed by atoms with van der Waals surface area (Å²) in [5.41, 5.74) is 2.45. The number of halogens is 3. The minimum atomic E-state index is 0.400. The van der Waals surface area contributed by atoms with Gasteiger partial charge >= 0.3 is 0 Å². The van der Waals surface area contributed by atoms with Gasteiger partial charge in [-0.1, -0.05) is 45.2 Å². The van der Waals surface area contributed by atoms with Crippen LogP contribution in [0, 0.1) is 0 Å². The summed E-state index contributed by atoms with van der Waals surface area (Å²) in [4.78, 5) is 0.400. The molecule has 0 amide bonds. The van der Waals surface area contributed by atoms with Crippen molar-refractivity contribution < 1.29 is 0 Å². The molecule has 0 N–H and O–H groups in total. The van der Waals surface area contributed by atoms with Gasteiger partial charge in [-0.2, -0.15) is 0 Å². The average Bonchev–Trinajstić information content (AvgIpc) is 2.11. The third kappa shape index (κ3) is 3.41. The quantitative estimate of drug-likeness (QED) is 0.643.